The molecule has 2 aromatic rings. The molecule has 3 rings (SSSR count). The first-order chi connectivity index (χ1) is 13.5. The Hall–Kier alpha value is -2.69. The van der Waals surface area contributed by atoms with Gasteiger partial charge >= 0.3 is 5.97 Å². The van der Waals surface area contributed by atoms with E-state index < -0.39 is 23.6 Å². The van der Waals surface area contributed by atoms with Crippen LogP contribution in [0.1, 0.15) is 6.92 Å². The van der Waals surface area contributed by atoms with Gasteiger partial charge in [-0.3, -0.25) is 9.59 Å². The standard InChI is InChI=1S/C21H18N2O3S2/c1-14(27-15-8-4-3-5-9-15)21(25)26-13-18(24)16(12-22)20-23(2)17-10-6-7-11-19(17)28-20/h3-11,14H,13H2,1-2H3/b20-16-/t14-/m1/s1. The summed E-state index contributed by atoms with van der Waals surface area (Å²) >= 11 is 2.72. The van der Waals surface area contributed by atoms with Gasteiger partial charge in [0.2, 0.25) is 5.78 Å². The molecule has 0 N–H and O–H groups in total. The zero-order valence-corrected chi connectivity index (χ0v) is 17.0. The molecule has 1 heterocycles. The van der Waals surface area contributed by atoms with E-state index >= 15 is 0 Å². The number of fused-ring (bicyclic) bond motifs is 1. The molecule has 0 amide bonds. The van der Waals surface area contributed by atoms with Crippen molar-refractivity contribution < 1.29 is 14.3 Å². The Balaban J connectivity index is 1.64. The number of Topliss-reactive ketones (excluding diaryl/α,β-unsaturated/α-hetero) is 1. The summed E-state index contributed by atoms with van der Waals surface area (Å²) in [5, 5.41) is 9.60. The highest BCUT2D eigenvalue weighted by Gasteiger charge is 2.28. The van der Waals surface area contributed by atoms with Crippen LogP contribution >= 0.6 is 23.5 Å². The molecule has 2 aromatic carbocycles. The number of para-hydroxylation sites is 1. The van der Waals surface area contributed by atoms with Crippen LogP contribution in [0, 0.1) is 11.3 Å². The van der Waals surface area contributed by atoms with Crippen molar-refractivity contribution in [2.24, 2.45) is 0 Å². The van der Waals surface area contributed by atoms with Crippen molar-refractivity contribution in [3.05, 3.63) is 65.2 Å². The van der Waals surface area contributed by atoms with Crippen LogP contribution < -0.4 is 4.90 Å². The quantitative estimate of drug-likeness (QED) is 0.305. The lowest BCUT2D eigenvalue weighted by Crippen LogP contribution is -2.23. The van der Waals surface area contributed by atoms with E-state index in [1.807, 2.05) is 72.6 Å². The minimum Gasteiger partial charge on any atom is -0.456 e. The molecule has 0 saturated carbocycles. The summed E-state index contributed by atoms with van der Waals surface area (Å²) in [5.41, 5.74) is 0.938. The SMILES string of the molecule is C[C@@H](Sc1ccccc1)C(=O)OCC(=O)/C(C#N)=C1\Sc2ccccc2N1C. The van der Waals surface area contributed by atoms with Crippen molar-refractivity contribution in [1.29, 1.82) is 5.26 Å². The van der Waals surface area contributed by atoms with Gasteiger partial charge in [0.05, 0.1) is 5.69 Å². The molecule has 7 heteroatoms. The molecule has 0 bridgehead atoms. The number of carbonyl (C=O) groups excluding carboxylic acids is 2. The number of thioether (sulfide) groups is 2. The van der Waals surface area contributed by atoms with Crippen LogP contribution in [0.5, 0.6) is 0 Å². The van der Waals surface area contributed by atoms with Crippen molar-refractivity contribution in [3.63, 3.8) is 0 Å². The number of hydrogen-bond donors (Lipinski definition) is 0. The molecule has 0 aliphatic carbocycles. The van der Waals surface area contributed by atoms with Crippen LogP contribution in [-0.2, 0) is 14.3 Å². The van der Waals surface area contributed by atoms with E-state index in [0.717, 1.165) is 15.5 Å². The minimum atomic E-state index is -0.505. The molecule has 1 aliphatic rings. The van der Waals surface area contributed by atoms with Crippen LogP contribution in [0.4, 0.5) is 5.69 Å². The molecule has 0 saturated heterocycles. The highest BCUT2D eigenvalue weighted by atomic mass is 32.2. The summed E-state index contributed by atoms with van der Waals surface area (Å²) in [7, 11) is 1.81. The molecule has 1 aliphatic heterocycles. The van der Waals surface area contributed by atoms with E-state index in [9.17, 15) is 14.9 Å². The Bertz CT molecular complexity index is 967. The van der Waals surface area contributed by atoms with Gasteiger partial charge < -0.3 is 9.64 Å². The maximum absolute atomic E-state index is 12.5. The average Bonchev–Trinajstić information content (AvgIpc) is 3.04. The van der Waals surface area contributed by atoms with Gasteiger partial charge in [-0.2, -0.15) is 5.26 Å². The summed E-state index contributed by atoms with van der Waals surface area (Å²) in [6.07, 6.45) is 0. The number of benzene rings is 2. The number of ketones is 1. The van der Waals surface area contributed by atoms with Crippen LogP contribution in [0.3, 0.4) is 0 Å². The van der Waals surface area contributed by atoms with Gasteiger partial charge in [-0.15, -0.1) is 11.8 Å². The van der Waals surface area contributed by atoms with E-state index in [1.165, 1.54) is 23.5 Å². The van der Waals surface area contributed by atoms with E-state index in [2.05, 4.69) is 0 Å². The van der Waals surface area contributed by atoms with Crippen molar-refractivity contribution >= 4 is 41.0 Å². The fourth-order valence-electron chi connectivity index (χ4n) is 2.63. The van der Waals surface area contributed by atoms with Crippen LogP contribution in [0.15, 0.2) is 75.0 Å². The third kappa shape index (κ3) is 4.41. The molecule has 0 fully saturated rings. The third-order valence-corrected chi connectivity index (χ3v) is 6.40. The number of nitrogens with zero attached hydrogens (tertiary/aromatic N) is 2. The lowest BCUT2D eigenvalue weighted by Gasteiger charge is -2.15. The summed E-state index contributed by atoms with van der Waals surface area (Å²) in [6, 6.07) is 19.1. The smallest absolute Gasteiger partial charge is 0.319 e. The number of nitriles is 1. The molecule has 0 aromatic heterocycles. The maximum Gasteiger partial charge on any atom is 0.319 e. The Morgan fingerprint density at radius 3 is 2.54 bits per heavy atom. The van der Waals surface area contributed by atoms with Gasteiger partial charge in [-0.1, -0.05) is 42.1 Å². The van der Waals surface area contributed by atoms with E-state index in [4.69, 9.17) is 4.74 Å². The predicted molar refractivity (Wildman–Crippen MR) is 111 cm³/mol. The second-order valence-corrected chi connectivity index (χ2v) is 8.47. The monoisotopic (exact) mass is 410 g/mol. The molecule has 0 spiro atoms. The molecule has 0 radical (unpaired) electrons. The van der Waals surface area contributed by atoms with Gasteiger partial charge in [0, 0.05) is 16.8 Å². The fourth-order valence-corrected chi connectivity index (χ4v) is 4.68. The number of hydrogen-bond acceptors (Lipinski definition) is 7. The third-order valence-electron chi connectivity index (χ3n) is 4.08. The van der Waals surface area contributed by atoms with E-state index in [-0.39, 0.29) is 5.57 Å². The molecule has 0 unspecified atom stereocenters. The van der Waals surface area contributed by atoms with Crippen molar-refractivity contribution in [1.82, 2.24) is 0 Å². The zero-order valence-electron chi connectivity index (χ0n) is 15.4. The molecule has 5 nitrogen and oxygen atoms in total. The summed E-state index contributed by atoms with van der Waals surface area (Å²) in [4.78, 5) is 28.5. The number of carbonyl (C=O) groups is 2. The Morgan fingerprint density at radius 2 is 1.86 bits per heavy atom. The van der Waals surface area contributed by atoms with Crippen molar-refractivity contribution in [3.8, 4) is 6.07 Å². The van der Waals surface area contributed by atoms with Crippen LogP contribution in [0.2, 0.25) is 0 Å². The zero-order chi connectivity index (χ0) is 20.1. The molecule has 28 heavy (non-hydrogen) atoms. The maximum atomic E-state index is 12.5. The Morgan fingerprint density at radius 1 is 1.18 bits per heavy atom. The predicted octanol–water partition coefficient (Wildman–Crippen LogP) is 4.26. The molecule has 1 atom stereocenters. The van der Waals surface area contributed by atoms with Crippen molar-refractivity contribution in [2.45, 2.75) is 22.0 Å². The Kier molecular flexibility index (Phi) is 6.45. The highest BCUT2D eigenvalue weighted by Crippen LogP contribution is 2.46. The lowest BCUT2D eigenvalue weighted by atomic mass is 10.2. The normalized spacial score (nSPS) is 15.4. The molecular weight excluding hydrogens is 392 g/mol. The van der Waals surface area contributed by atoms with Gasteiger partial charge in [-0.25, -0.2) is 0 Å². The molecule has 142 valence electrons. The summed E-state index contributed by atoms with van der Waals surface area (Å²) < 4.78 is 5.17. The fraction of sp³-hybridized carbons (Fsp3) is 0.190. The van der Waals surface area contributed by atoms with Crippen molar-refractivity contribution in [2.75, 3.05) is 18.6 Å². The van der Waals surface area contributed by atoms with Gasteiger partial charge in [0.25, 0.3) is 0 Å². The number of esters is 1. The summed E-state index contributed by atoms with van der Waals surface area (Å²) in [6.45, 7) is 1.28. The highest BCUT2D eigenvalue weighted by molar-refractivity contribution is 8.03. The van der Waals surface area contributed by atoms with Crippen LogP contribution in [0.25, 0.3) is 0 Å². The minimum absolute atomic E-state index is 0.000125. The van der Waals surface area contributed by atoms with Gasteiger partial charge in [-0.05, 0) is 31.2 Å². The first-order valence-electron chi connectivity index (χ1n) is 8.57. The van der Waals surface area contributed by atoms with Gasteiger partial charge in [0.1, 0.15) is 21.9 Å². The molecular formula is C21H18N2O3S2. The second kappa shape index (κ2) is 9.00. The topological polar surface area (TPSA) is 70.4 Å². The summed E-state index contributed by atoms with van der Waals surface area (Å²) in [5.74, 6) is -0.991. The number of anilines is 1. The first kappa shape index (κ1) is 20.1. The second-order valence-electron chi connectivity index (χ2n) is 6.02. The average molecular weight is 411 g/mol. The lowest BCUT2D eigenvalue weighted by molar-refractivity contribution is -0.146. The number of ether oxygens (including phenoxy) is 1. The Labute approximate surface area is 172 Å². The van der Waals surface area contributed by atoms with E-state index in [0.29, 0.717) is 5.03 Å². The van der Waals surface area contributed by atoms with Gasteiger partial charge in [0.15, 0.2) is 6.61 Å². The van der Waals surface area contributed by atoms with Crippen LogP contribution in [-0.4, -0.2) is 30.7 Å². The van der Waals surface area contributed by atoms with E-state index in [1.54, 1.807) is 6.92 Å². The number of rotatable bonds is 6. The first-order valence-corrected chi connectivity index (χ1v) is 10.3. The largest absolute Gasteiger partial charge is 0.456 e.